The number of hydrogen-bond acceptors (Lipinski definition) is 2. The van der Waals surface area contributed by atoms with Crippen LogP contribution in [0, 0.1) is 25.7 Å². The van der Waals surface area contributed by atoms with E-state index in [4.69, 9.17) is 0 Å². The van der Waals surface area contributed by atoms with E-state index >= 15 is 0 Å². The number of pyridine rings is 1. The zero-order valence-corrected chi connectivity index (χ0v) is 31.2. The van der Waals surface area contributed by atoms with Gasteiger partial charge in [0.1, 0.15) is 0 Å². The number of rotatable bonds is 6. The lowest BCUT2D eigenvalue weighted by molar-refractivity contribution is 0.420. The summed E-state index contributed by atoms with van der Waals surface area (Å²) < 4.78 is 0. The van der Waals surface area contributed by atoms with Crippen LogP contribution in [-0.2, 0) is 5.41 Å². The van der Waals surface area contributed by atoms with Crippen molar-refractivity contribution in [3.8, 4) is 33.4 Å². The summed E-state index contributed by atoms with van der Waals surface area (Å²) in [5.41, 5.74) is 19.2. The van der Waals surface area contributed by atoms with E-state index in [0.717, 1.165) is 40.0 Å². The van der Waals surface area contributed by atoms with Crippen LogP contribution in [0.1, 0.15) is 73.3 Å². The van der Waals surface area contributed by atoms with Crippen molar-refractivity contribution in [2.75, 3.05) is 4.90 Å². The van der Waals surface area contributed by atoms with Crippen molar-refractivity contribution in [3.63, 3.8) is 0 Å². The maximum Gasteiger partial charge on any atom is 0.0702 e. The van der Waals surface area contributed by atoms with Crippen molar-refractivity contribution in [2.24, 2.45) is 11.8 Å². The third kappa shape index (κ3) is 5.33. The quantitative estimate of drug-likeness (QED) is 0.173. The summed E-state index contributed by atoms with van der Waals surface area (Å²) in [5.74, 6) is 2.62. The highest BCUT2D eigenvalue weighted by Crippen LogP contribution is 2.54. The Bertz CT molecular complexity index is 2540. The van der Waals surface area contributed by atoms with Gasteiger partial charge in [-0.25, -0.2) is 0 Å². The van der Waals surface area contributed by atoms with Crippen molar-refractivity contribution in [3.05, 3.63) is 167 Å². The van der Waals surface area contributed by atoms with Gasteiger partial charge < -0.3 is 4.90 Å². The Hall–Kier alpha value is -5.47. The third-order valence-electron chi connectivity index (χ3n) is 13.1. The van der Waals surface area contributed by atoms with Gasteiger partial charge in [-0.05, 0) is 167 Å². The molecular formula is C51H46N2. The maximum absolute atomic E-state index is 4.53. The van der Waals surface area contributed by atoms with E-state index in [9.17, 15) is 0 Å². The summed E-state index contributed by atoms with van der Waals surface area (Å²) in [7, 11) is 0. The molecule has 0 N–H and O–H groups in total. The van der Waals surface area contributed by atoms with Crippen LogP contribution in [0.3, 0.4) is 0 Å². The van der Waals surface area contributed by atoms with Gasteiger partial charge in [0.15, 0.2) is 0 Å². The largest absolute Gasteiger partial charge is 0.310 e. The molecule has 2 bridgehead atoms. The highest BCUT2D eigenvalue weighted by atomic mass is 15.1. The molecule has 7 aromatic rings. The molecule has 1 heterocycles. The minimum atomic E-state index is -0.0324. The number of aromatic nitrogens is 1. The molecule has 6 aromatic carbocycles. The van der Waals surface area contributed by atoms with Crippen molar-refractivity contribution < 1.29 is 0 Å². The fourth-order valence-corrected chi connectivity index (χ4v) is 10.3. The molecule has 53 heavy (non-hydrogen) atoms. The summed E-state index contributed by atoms with van der Waals surface area (Å²) in [5, 5.41) is 1.16. The highest BCUT2D eigenvalue weighted by molar-refractivity contribution is 5.89. The Kier molecular flexibility index (Phi) is 7.48. The van der Waals surface area contributed by atoms with Crippen molar-refractivity contribution >= 4 is 28.0 Å². The molecule has 2 fully saturated rings. The molecule has 2 saturated carbocycles. The fraction of sp³-hybridized carbons (Fsp3) is 0.235. The van der Waals surface area contributed by atoms with Gasteiger partial charge >= 0.3 is 0 Å². The van der Waals surface area contributed by atoms with E-state index in [1.165, 1.54) is 87.0 Å². The lowest BCUT2D eigenvalue weighted by atomic mass is 9.82. The SMILES string of the molecule is Cc1cc(C2CC3CCC2C3)ccc1-c1ccc(N(c2ccc(-c3ccc4ncccc4c3)cc2)c2ccc3c(c2)-c2ccccc2C3(C)C)cc1C. The van der Waals surface area contributed by atoms with E-state index in [-0.39, 0.29) is 5.41 Å². The Morgan fingerprint density at radius 3 is 2.06 bits per heavy atom. The van der Waals surface area contributed by atoms with Crippen LogP contribution in [0.2, 0.25) is 0 Å². The molecule has 0 spiro atoms. The van der Waals surface area contributed by atoms with Crippen LogP contribution in [-0.4, -0.2) is 4.98 Å². The molecule has 0 aliphatic heterocycles. The minimum Gasteiger partial charge on any atom is -0.310 e. The molecule has 3 aliphatic rings. The van der Waals surface area contributed by atoms with Gasteiger partial charge in [0, 0.05) is 34.1 Å². The normalized spacial score (nSPS) is 19.4. The Morgan fingerprint density at radius 1 is 0.566 bits per heavy atom. The van der Waals surface area contributed by atoms with Gasteiger partial charge in [-0.1, -0.05) is 99.1 Å². The van der Waals surface area contributed by atoms with E-state index in [2.05, 4.69) is 165 Å². The van der Waals surface area contributed by atoms with Crippen LogP contribution < -0.4 is 4.90 Å². The first-order valence-electron chi connectivity index (χ1n) is 19.5. The molecule has 2 heteroatoms. The number of anilines is 3. The predicted molar refractivity (Wildman–Crippen MR) is 223 cm³/mol. The van der Waals surface area contributed by atoms with Crippen LogP contribution in [0.5, 0.6) is 0 Å². The van der Waals surface area contributed by atoms with Crippen molar-refractivity contribution in [1.29, 1.82) is 0 Å². The monoisotopic (exact) mass is 686 g/mol. The number of nitrogens with zero attached hydrogens (tertiary/aromatic N) is 2. The summed E-state index contributed by atoms with van der Waals surface area (Å²) in [6, 6.07) is 50.1. The summed E-state index contributed by atoms with van der Waals surface area (Å²) in [6.07, 6.45) is 7.56. The molecule has 0 radical (unpaired) electrons. The second kappa shape index (κ2) is 12.3. The van der Waals surface area contributed by atoms with Crippen LogP contribution in [0.4, 0.5) is 17.1 Å². The topological polar surface area (TPSA) is 16.1 Å². The van der Waals surface area contributed by atoms with Crippen molar-refractivity contribution in [1.82, 2.24) is 4.98 Å². The zero-order valence-electron chi connectivity index (χ0n) is 31.2. The average molecular weight is 687 g/mol. The van der Waals surface area contributed by atoms with Gasteiger partial charge in [0.05, 0.1) is 5.52 Å². The minimum absolute atomic E-state index is 0.0324. The van der Waals surface area contributed by atoms with Crippen LogP contribution in [0.15, 0.2) is 140 Å². The molecule has 260 valence electrons. The Labute approximate surface area is 314 Å². The van der Waals surface area contributed by atoms with E-state index < -0.39 is 0 Å². The molecule has 2 nitrogen and oxygen atoms in total. The average Bonchev–Trinajstić information content (AvgIpc) is 3.88. The molecule has 0 amide bonds. The molecule has 3 aliphatic carbocycles. The predicted octanol–water partition coefficient (Wildman–Crippen LogP) is 13.9. The first-order valence-corrected chi connectivity index (χ1v) is 19.5. The second-order valence-electron chi connectivity index (χ2n) is 16.5. The number of aryl methyl sites for hydroxylation is 2. The van der Waals surface area contributed by atoms with Gasteiger partial charge in [0.2, 0.25) is 0 Å². The standard InChI is InChI=1S/C51H46N2/c1-32-26-37(46-29-34-11-12-38(46)28-34)15-21-43(32)44-22-19-41(27-33(44)2)53(42-20-23-49-47(31-42)45-9-5-6-10-48(45)51(49,3)4)40-17-13-35(14-18-40)36-16-24-50-39(30-36)8-7-25-52-50/h5-10,13-27,30-31,34,38,46H,11-12,28-29H2,1-4H3. The number of fused-ring (bicyclic) bond motifs is 6. The first kappa shape index (κ1) is 32.2. The number of benzene rings is 6. The van der Waals surface area contributed by atoms with Gasteiger partial charge in [-0.2, -0.15) is 0 Å². The van der Waals surface area contributed by atoms with E-state index in [1.54, 1.807) is 5.56 Å². The molecule has 1 aromatic heterocycles. The summed E-state index contributed by atoms with van der Waals surface area (Å²) in [4.78, 5) is 6.96. The second-order valence-corrected chi connectivity index (χ2v) is 16.5. The number of hydrogen-bond donors (Lipinski definition) is 0. The Morgan fingerprint density at radius 2 is 1.28 bits per heavy atom. The molecule has 0 saturated heterocycles. The molecule has 3 atom stereocenters. The van der Waals surface area contributed by atoms with Crippen LogP contribution in [0.25, 0.3) is 44.3 Å². The van der Waals surface area contributed by atoms with Crippen molar-refractivity contribution in [2.45, 2.75) is 64.7 Å². The van der Waals surface area contributed by atoms with Crippen LogP contribution >= 0.6 is 0 Å². The molecular weight excluding hydrogens is 641 g/mol. The van der Waals surface area contributed by atoms with Gasteiger partial charge in [0.25, 0.3) is 0 Å². The van der Waals surface area contributed by atoms with E-state index in [0.29, 0.717) is 0 Å². The summed E-state index contributed by atoms with van der Waals surface area (Å²) >= 11 is 0. The zero-order chi connectivity index (χ0) is 35.8. The molecule has 3 unspecified atom stereocenters. The fourth-order valence-electron chi connectivity index (χ4n) is 10.3. The van der Waals surface area contributed by atoms with E-state index in [1.807, 2.05) is 12.3 Å². The third-order valence-corrected chi connectivity index (χ3v) is 13.1. The highest BCUT2D eigenvalue weighted by Gasteiger charge is 2.40. The molecule has 10 rings (SSSR count). The maximum atomic E-state index is 4.53. The first-order chi connectivity index (χ1) is 25.8. The van der Waals surface area contributed by atoms with Gasteiger partial charge in [-0.15, -0.1) is 0 Å². The van der Waals surface area contributed by atoms with Gasteiger partial charge in [-0.3, -0.25) is 4.98 Å². The Balaban J connectivity index is 1.05. The lowest BCUT2D eigenvalue weighted by Crippen LogP contribution is -2.15. The smallest absolute Gasteiger partial charge is 0.0702 e. The summed E-state index contributed by atoms with van der Waals surface area (Å²) in [6.45, 7) is 9.29. The lowest BCUT2D eigenvalue weighted by Gasteiger charge is -2.28.